The van der Waals surface area contributed by atoms with Crippen LogP contribution in [0, 0.1) is 5.41 Å². The highest BCUT2D eigenvalue weighted by Crippen LogP contribution is 2.28. The molecule has 1 unspecified atom stereocenters. The lowest BCUT2D eigenvalue weighted by Crippen LogP contribution is -2.17. The molecule has 0 aliphatic rings. The van der Waals surface area contributed by atoms with E-state index in [0.29, 0.717) is 11.5 Å². The van der Waals surface area contributed by atoms with Gasteiger partial charge in [-0.3, -0.25) is 4.79 Å². The Hall–Kier alpha value is -0.770. The second kappa shape index (κ2) is 7.73. The Kier molecular flexibility index (Phi) is 6.63. The van der Waals surface area contributed by atoms with Gasteiger partial charge in [-0.2, -0.15) is 0 Å². The summed E-state index contributed by atoms with van der Waals surface area (Å²) >= 11 is 1.19. The Morgan fingerprint density at radius 2 is 1.89 bits per heavy atom. The molecule has 0 aromatic heterocycles. The Morgan fingerprint density at radius 3 is 2.47 bits per heavy atom. The average Bonchev–Trinajstić information content (AvgIpc) is 2.34. The highest BCUT2D eigenvalue weighted by Gasteiger charge is 2.21. The Bertz CT molecular complexity index is 428. The SMILES string of the molecule is CC(C)(C)C(=O)SCCO[PH](=O)Oc1ccccc1. The largest absolute Gasteiger partial charge is 0.426 e. The maximum atomic E-state index is 11.6. The minimum absolute atomic E-state index is 0.0970. The van der Waals surface area contributed by atoms with Crippen LogP contribution in [0.15, 0.2) is 30.3 Å². The van der Waals surface area contributed by atoms with E-state index in [1.165, 1.54) is 11.8 Å². The first-order chi connectivity index (χ1) is 8.89. The molecule has 0 radical (unpaired) electrons. The van der Waals surface area contributed by atoms with Crippen LogP contribution in [-0.4, -0.2) is 17.5 Å². The molecule has 0 saturated carbocycles. The normalized spacial score (nSPS) is 13.0. The monoisotopic (exact) mass is 302 g/mol. The number of benzene rings is 1. The summed E-state index contributed by atoms with van der Waals surface area (Å²) in [5.74, 6) is 0.995. The molecule has 6 heteroatoms. The molecule has 106 valence electrons. The summed E-state index contributed by atoms with van der Waals surface area (Å²) in [6, 6.07) is 8.86. The van der Waals surface area contributed by atoms with Crippen molar-refractivity contribution < 1.29 is 18.4 Å². The molecule has 0 bridgehead atoms. The van der Waals surface area contributed by atoms with Crippen LogP contribution in [0.4, 0.5) is 0 Å². The molecule has 0 N–H and O–H groups in total. The molecule has 4 nitrogen and oxygen atoms in total. The van der Waals surface area contributed by atoms with E-state index in [4.69, 9.17) is 9.05 Å². The maximum Gasteiger partial charge on any atom is 0.367 e. The topological polar surface area (TPSA) is 52.6 Å². The van der Waals surface area contributed by atoms with Crippen molar-refractivity contribution in [3.05, 3.63) is 30.3 Å². The van der Waals surface area contributed by atoms with Crippen LogP contribution in [0.2, 0.25) is 0 Å². The second-order valence-electron chi connectivity index (χ2n) is 4.90. The average molecular weight is 302 g/mol. The van der Waals surface area contributed by atoms with Crippen molar-refractivity contribution in [1.29, 1.82) is 0 Å². The number of carbonyl (C=O) groups is 1. The number of carbonyl (C=O) groups excluding carboxylic acids is 1. The highest BCUT2D eigenvalue weighted by molar-refractivity contribution is 8.13. The van der Waals surface area contributed by atoms with Crippen molar-refractivity contribution >= 4 is 25.1 Å². The van der Waals surface area contributed by atoms with Crippen LogP contribution in [0.25, 0.3) is 0 Å². The van der Waals surface area contributed by atoms with Crippen LogP contribution >= 0.6 is 20.0 Å². The number of rotatable bonds is 6. The minimum Gasteiger partial charge on any atom is -0.426 e. The van der Waals surface area contributed by atoms with Crippen LogP contribution in [-0.2, 0) is 13.9 Å². The standard InChI is InChI=1S/C13H19O4PS/c1-13(2,3)12(14)19-10-9-16-18(15)17-11-7-5-4-6-8-11/h4-8,18H,9-10H2,1-3H3. The molecular weight excluding hydrogens is 283 g/mol. The van der Waals surface area contributed by atoms with E-state index >= 15 is 0 Å². The van der Waals surface area contributed by atoms with Crippen LogP contribution in [0.5, 0.6) is 5.75 Å². The van der Waals surface area contributed by atoms with E-state index in [1.807, 2.05) is 26.8 Å². The van der Waals surface area contributed by atoms with Crippen molar-refractivity contribution in [2.45, 2.75) is 20.8 Å². The number of thioether (sulfide) groups is 1. The van der Waals surface area contributed by atoms with Gasteiger partial charge in [0.15, 0.2) is 5.12 Å². The predicted molar refractivity (Wildman–Crippen MR) is 78.9 cm³/mol. The molecule has 0 saturated heterocycles. The Morgan fingerprint density at radius 1 is 1.26 bits per heavy atom. The van der Waals surface area contributed by atoms with E-state index in [1.54, 1.807) is 24.3 Å². The molecule has 19 heavy (non-hydrogen) atoms. The van der Waals surface area contributed by atoms with E-state index < -0.39 is 8.25 Å². The molecule has 0 aliphatic heterocycles. The Labute approximate surface area is 118 Å². The van der Waals surface area contributed by atoms with Gasteiger partial charge >= 0.3 is 8.25 Å². The third kappa shape index (κ3) is 6.81. The number of para-hydroxylation sites is 1. The van der Waals surface area contributed by atoms with E-state index in [0.717, 1.165) is 0 Å². The van der Waals surface area contributed by atoms with Gasteiger partial charge in [0.1, 0.15) is 5.75 Å². The van der Waals surface area contributed by atoms with Gasteiger partial charge in [0.25, 0.3) is 0 Å². The van der Waals surface area contributed by atoms with Crippen molar-refractivity contribution in [1.82, 2.24) is 0 Å². The molecule has 0 aliphatic carbocycles. The van der Waals surface area contributed by atoms with Crippen molar-refractivity contribution in [2.24, 2.45) is 5.41 Å². The molecule has 0 spiro atoms. The summed E-state index contributed by atoms with van der Waals surface area (Å²) in [4.78, 5) is 11.6. The Balaban J connectivity index is 2.20. The van der Waals surface area contributed by atoms with E-state index in [2.05, 4.69) is 0 Å². The third-order valence-corrected chi connectivity index (χ3v) is 4.18. The third-order valence-electron chi connectivity index (χ3n) is 2.09. The first kappa shape index (κ1) is 16.3. The summed E-state index contributed by atoms with van der Waals surface area (Å²) < 4.78 is 21.7. The summed E-state index contributed by atoms with van der Waals surface area (Å²) in [6.07, 6.45) is 0. The lowest BCUT2D eigenvalue weighted by Gasteiger charge is -2.15. The van der Waals surface area contributed by atoms with Gasteiger partial charge in [0, 0.05) is 11.2 Å². The molecule has 0 amide bonds. The molecule has 0 heterocycles. The minimum atomic E-state index is -2.55. The van der Waals surface area contributed by atoms with Crippen LogP contribution < -0.4 is 4.52 Å². The zero-order chi connectivity index (χ0) is 14.3. The molecule has 1 aromatic carbocycles. The van der Waals surface area contributed by atoms with Gasteiger partial charge in [-0.05, 0) is 12.1 Å². The zero-order valence-corrected chi connectivity index (χ0v) is 13.2. The smallest absolute Gasteiger partial charge is 0.367 e. The van der Waals surface area contributed by atoms with Gasteiger partial charge in [0.05, 0.1) is 6.61 Å². The summed E-state index contributed by atoms with van der Waals surface area (Å²) in [6.45, 7) is 5.83. The summed E-state index contributed by atoms with van der Waals surface area (Å²) in [5.41, 5.74) is -0.365. The van der Waals surface area contributed by atoms with Gasteiger partial charge in [-0.1, -0.05) is 50.7 Å². The fraction of sp³-hybridized carbons (Fsp3) is 0.462. The molecular formula is C13H19O4PS. The molecule has 1 aromatic rings. The van der Waals surface area contributed by atoms with Gasteiger partial charge < -0.3 is 9.05 Å². The van der Waals surface area contributed by atoms with E-state index in [9.17, 15) is 9.36 Å². The lowest BCUT2D eigenvalue weighted by atomic mass is 10.00. The highest BCUT2D eigenvalue weighted by atomic mass is 32.2. The lowest BCUT2D eigenvalue weighted by molar-refractivity contribution is -0.117. The maximum absolute atomic E-state index is 11.6. The van der Waals surface area contributed by atoms with Crippen LogP contribution in [0.1, 0.15) is 20.8 Å². The number of hydrogen-bond acceptors (Lipinski definition) is 5. The molecule has 0 fully saturated rings. The first-order valence-corrected chi connectivity index (χ1v) is 8.17. The second-order valence-corrected chi connectivity index (χ2v) is 6.96. The number of hydrogen-bond donors (Lipinski definition) is 0. The van der Waals surface area contributed by atoms with Gasteiger partial charge in [-0.15, -0.1) is 0 Å². The fourth-order valence-electron chi connectivity index (χ4n) is 1.09. The van der Waals surface area contributed by atoms with Crippen molar-refractivity contribution in [2.75, 3.05) is 12.4 Å². The quantitative estimate of drug-likeness (QED) is 0.591. The van der Waals surface area contributed by atoms with Crippen molar-refractivity contribution in [3.63, 3.8) is 0 Å². The van der Waals surface area contributed by atoms with Crippen LogP contribution in [0.3, 0.4) is 0 Å². The van der Waals surface area contributed by atoms with Crippen molar-refractivity contribution in [3.8, 4) is 5.75 Å². The summed E-state index contributed by atoms with van der Waals surface area (Å²) in [5, 5.41) is 0.0970. The fourth-order valence-corrected chi connectivity index (χ4v) is 2.68. The predicted octanol–water partition coefficient (Wildman–Crippen LogP) is 3.78. The molecule has 1 rings (SSSR count). The molecule has 1 atom stereocenters. The van der Waals surface area contributed by atoms with Gasteiger partial charge in [-0.25, -0.2) is 4.57 Å². The summed E-state index contributed by atoms with van der Waals surface area (Å²) in [7, 11) is -2.55. The first-order valence-electron chi connectivity index (χ1n) is 5.96. The van der Waals surface area contributed by atoms with Gasteiger partial charge in [0.2, 0.25) is 0 Å². The van der Waals surface area contributed by atoms with E-state index in [-0.39, 0.29) is 17.1 Å². The zero-order valence-electron chi connectivity index (χ0n) is 11.3.